The Bertz CT molecular complexity index is 348. The van der Waals surface area contributed by atoms with E-state index < -0.39 is 0 Å². The molecule has 88 valence electrons. The van der Waals surface area contributed by atoms with Gasteiger partial charge in [-0.3, -0.25) is 0 Å². The average molecular weight is 285 g/mol. The molecule has 1 aromatic rings. The zero-order chi connectivity index (χ0) is 11.4. The molecule has 0 unspecified atom stereocenters. The number of rotatable bonds is 6. The van der Waals surface area contributed by atoms with Gasteiger partial charge in [-0.25, -0.2) is 0 Å². The van der Waals surface area contributed by atoms with Gasteiger partial charge in [0.15, 0.2) is 0 Å². The van der Waals surface area contributed by atoms with Crippen LogP contribution in [0.4, 0.5) is 0 Å². The molecule has 1 saturated carbocycles. The highest BCUT2D eigenvalue weighted by atomic mass is 79.9. The summed E-state index contributed by atoms with van der Waals surface area (Å²) in [4.78, 5) is 0. The normalized spacial score (nSPS) is 15.1. The van der Waals surface area contributed by atoms with E-state index >= 15 is 0 Å². The molecule has 0 atom stereocenters. The zero-order valence-electron chi connectivity index (χ0n) is 9.54. The van der Waals surface area contributed by atoms with Gasteiger partial charge in [0.2, 0.25) is 0 Å². The first-order valence-electron chi connectivity index (χ1n) is 5.70. The summed E-state index contributed by atoms with van der Waals surface area (Å²) in [6.45, 7) is 1.57. The second-order valence-corrected chi connectivity index (χ2v) is 5.11. The number of methoxy groups -OCH3 is 1. The van der Waals surface area contributed by atoms with Crippen LogP contribution in [0.3, 0.4) is 0 Å². The lowest BCUT2D eigenvalue weighted by Crippen LogP contribution is -1.96. The summed E-state index contributed by atoms with van der Waals surface area (Å²) in [5.74, 6) is 1.81. The van der Waals surface area contributed by atoms with E-state index in [1.807, 2.05) is 12.1 Å². The van der Waals surface area contributed by atoms with Crippen LogP contribution in [0.2, 0.25) is 0 Å². The molecule has 1 aliphatic carbocycles. The van der Waals surface area contributed by atoms with E-state index in [0.717, 1.165) is 22.7 Å². The number of hydrogen-bond donors (Lipinski definition) is 0. The fourth-order valence-electron chi connectivity index (χ4n) is 1.65. The molecule has 0 aromatic heterocycles. The standard InChI is InChI=1S/C13H17BrO2/c1-15-13-5-4-11(8-12(13)14)9-16-7-6-10-2-3-10/h4-5,8,10H,2-3,6-7,9H2,1H3. The summed E-state index contributed by atoms with van der Waals surface area (Å²) in [5.41, 5.74) is 1.18. The minimum Gasteiger partial charge on any atom is -0.496 e. The molecule has 3 heteroatoms. The van der Waals surface area contributed by atoms with E-state index in [9.17, 15) is 0 Å². The van der Waals surface area contributed by atoms with Crippen LogP contribution in [0.15, 0.2) is 22.7 Å². The molecule has 0 heterocycles. The Morgan fingerprint density at radius 3 is 2.81 bits per heavy atom. The van der Waals surface area contributed by atoms with Crippen molar-refractivity contribution >= 4 is 15.9 Å². The molecule has 0 N–H and O–H groups in total. The van der Waals surface area contributed by atoms with E-state index in [1.165, 1.54) is 24.8 Å². The largest absolute Gasteiger partial charge is 0.496 e. The van der Waals surface area contributed by atoms with Crippen molar-refractivity contribution in [1.82, 2.24) is 0 Å². The molecular weight excluding hydrogens is 268 g/mol. The molecule has 0 radical (unpaired) electrons. The molecule has 2 rings (SSSR count). The van der Waals surface area contributed by atoms with Crippen molar-refractivity contribution in [3.05, 3.63) is 28.2 Å². The van der Waals surface area contributed by atoms with Crippen molar-refractivity contribution in [3.63, 3.8) is 0 Å². The van der Waals surface area contributed by atoms with Crippen molar-refractivity contribution in [1.29, 1.82) is 0 Å². The maximum atomic E-state index is 5.64. The molecule has 16 heavy (non-hydrogen) atoms. The monoisotopic (exact) mass is 284 g/mol. The Hall–Kier alpha value is -0.540. The topological polar surface area (TPSA) is 18.5 Å². The van der Waals surface area contributed by atoms with Gasteiger partial charge in [-0.1, -0.05) is 18.9 Å². The second-order valence-electron chi connectivity index (χ2n) is 4.25. The second kappa shape index (κ2) is 5.69. The van der Waals surface area contributed by atoms with Crippen LogP contribution in [0.1, 0.15) is 24.8 Å². The Balaban J connectivity index is 1.77. The zero-order valence-corrected chi connectivity index (χ0v) is 11.1. The Kier molecular flexibility index (Phi) is 4.24. The fraction of sp³-hybridized carbons (Fsp3) is 0.538. The highest BCUT2D eigenvalue weighted by Crippen LogP contribution is 2.32. The quantitative estimate of drug-likeness (QED) is 0.741. The van der Waals surface area contributed by atoms with E-state index in [0.29, 0.717) is 6.61 Å². The number of ether oxygens (including phenoxy) is 2. The van der Waals surface area contributed by atoms with Gasteiger partial charge >= 0.3 is 0 Å². The van der Waals surface area contributed by atoms with Crippen molar-refractivity contribution in [2.24, 2.45) is 5.92 Å². The van der Waals surface area contributed by atoms with Crippen LogP contribution in [0.25, 0.3) is 0 Å². The SMILES string of the molecule is COc1ccc(COCCC2CC2)cc1Br. The average Bonchev–Trinajstić information content (AvgIpc) is 3.08. The fourth-order valence-corrected chi connectivity index (χ4v) is 2.23. The Morgan fingerprint density at radius 1 is 1.38 bits per heavy atom. The lowest BCUT2D eigenvalue weighted by Gasteiger charge is -2.07. The van der Waals surface area contributed by atoms with Crippen LogP contribution in [-0.2, 0) is 11.3 Å². The predicted octanol–water partition coefficient (Wildman–Crippen LogP) is 3.77. The number of halogens is 1. The van der Waals surface area contributed by atoms with E-state index in [2.05, 4.69) is 22.0 Å². The Labute approximate surface area is 105 Å². The minimum atomic E-state index is 0.690. The molecule has 1 aliphatic rings. The molecule has 0 spiro atoms. The summed E-state index contributed by atoms with van der Waals surface area (Å²) >= 11 is 3.47. The molecule has 0 saturated heterocycles. The number of benzene rings is 1. The van der Waals surface area contributed by atoms with Gasteiger partial charge in [0.1, 0.15) is 5.75 Å². The van der Waals surface area contributed by atoms with Crippen molar-refractivity contribution in [3.8, 4) is 5.75 Å². The van der Waals surface area contributed by atoms with Crippen molar-refractivity contribution < 1.29 is 9.47 Å². The van der Waals surface area contributed by atoms with Crippen molar-refractivity contribution in [2.75, 3.05) is 13.7 Å². The van der Waals surface area contributed by atoms with E-state index in [1.54, 1.807) is 7.11 Å². The van der Waals surface area contributed by atoms with Crippen LogP contribution < -0.4 is 4.74 Å². The third-order valence-corrected chi connectivity index (χ3v) is 3.47. The molecule has 1 aromatic carbocycles. The molecule has 0 amide bonds. The summed E-state index contributed by atoms with van der Waals surface area (Å²) < 4.78 is 11.8. The van der Waals surface area contributed by atoms with Gasteiger partial charge in [0, 0.05) is 6.61 Å². The van der Waals surface area contributed by atoms with Crippen LogP contribution in [0.5, 0.6) is 5.75 Å². The van der Waals surface area contributed by atoms with Gasteiger partial charge in [0.25, 0.3) is 0 Å². The van der Waals surface area contributed by atoms with Crippen LogP contribution in [-0.4, -0.2) is 13.7 Å². The summed E-state index contributed by atoms with van der Waals surface area (Å²) in [6.07, 6.45) is 4.02. The van der Waals surface area contributed by atoms with E-state index in [4.69, 9.17) is 9.47 Å². The third kappa shape index (κ3) is 3.49. The van der Waals surface area contributed by atoms with Crippen LogP contribution in [0, 0.1) is 5.92 Å². The van der Waals surface area contributed by atoms with Crippen LogP contribution >= 0.6 is 15.9 Å². The smallest absolute Gasteiger partial charge is 0.133 e. The highest BCUT2D eigenvalue weighted by molar-refractivity contribution is 9.10. The lowest BCUT2D eigenvalue weighted by molar-refractivity contribution is 0.115. The van der Waals surface area contributed by atoms with Gasteiger partial charge in [-0.15, -0.1) is 0 Å². The summed E-state index contributed by atoms with van der Waals surface area (Å²) in [6, 6.07) is 6.06. The van der Waals surface area contributed by atoms with E-state index in [-0.39, 0.29) is 0 Å². The maximum Gasteiger partial charge on any atom is 0.133 e. The van der Waals surface area contributed by atoms with Gasteiger partial charge in [-0.05, 0) is 46.0 Å². The van der Waals surface area contributed by atoms with Crippen molar-refractivity contribution in [2.45, 2.75) is 25.9 Å². The number of hydrogen-bond acceptors (Lipinski definition) is 2. The van der Waals surface area contributed by atoms with Gasteiger partial charge < -0.3 is 9.47 Å². The summed E-state index contributed by atoms with van der Waals surface area (Å²) in [7, 11) is 1.67. The molecule has 2 nitrogen and oxygen atoms in total. The lowest BCUT2D eigenvalue weighted by atomic mass is 10.2. The van der Waals surface area contributed by atoms with Gasteiger partial charge in [-0.2, -0.15) is 0 Å². The minimum absolute atomic E-state index is 0.690. The summed E-state index contributed by atoms with van der Waals surface area (Å²) in [5, 5.41) is 0. The molecule has 0 aliphatic heterocycles. The third-order valence-electron chi connectivity index (χ3n) is 2.85. The maximum absolute atomic E-state index is 5.64. The first kappa shape index (κ1) is 11.9. The molecular formula is C13H17BrO2. The predicted molar refractivity (Wildman–Crippen MR) is 67.7 cm³/mol. The first-order valence-corrected chi connectivity index (χ1v) is 6.49. The molecule has 0 bridgehead atoms. The molecule has 1 fully saturated rings. The first-order chi connectivity index (χ1) is 7.79. The Morgan fingerprint density at radius 2 is 2.19 bits per heavy atom. The van der Waals surface area contributed by atoms with Gasteiger partial charge in [0.05, 0.1) is 18.2 Å². The highest BCUT2D eigenvalue weighted by Gasteiger charge is 2.20.